The van der Waals surface area contributed by atoms with Gasteiger partial charge in [-0.3, -0.25) is 9.59 Å². The second-order valence-electron chi connectivity index (χ2n) is 9.13. The molecule has 1 saturated heterocycles. The number of aryl methyl sites for hydroxylation is 1. The van der Waals surface area contributed by atoms with E-state index in [-0.39, 0.29) is 11.8 Å². The largest absolute Gasteiger partial charge is 0.383 e. The summed E-state index contributed by atoms with van der Waals surface area (Å²) >= 11 is 0. The topological polar surface area (TPSA) is 106 Å². The molecule has 8 heteroatoms. The van der Waals surface area contributed by atoms with Crippen molar-refractivity contribution in [2.45, 2.75) is 33.6 Å². The predicted octanol–water partition coefficient (Wildman–Crippen LogP) is 5.66. The van der Waals surface area contributed by atoms with E-state index in [2.05, 4.69) is 21.9 Å². The summed E-state index contributed by atoms with van der Waals surface area (Å²) in [4.78, 5) is 35.5. The van der Waals surface area contributed by atoms with Gasteiger partial charge in [-0.1, -0.05) is 44.7 Å². The number of fused-ring (bicyclic) bond motifs is 1. The SMILES string of the molecule is C=C(C)C(=O)Nc1ccc(-c2c(-c3ccc(C(=O)N4CCCC4)cc3)c3c(N)ncnc3n2C)cc1.CC. The number of benzene rings is 2. The van der Waals surface area contributed by atoms with E-state index in [1.807, 2.05) is 78.9 Å². The molecule has 196 valence electrons. The lowest BCUT2D eigenvalue weighted by molar-refractivity contribution is -0.112. The van der Waals surface area contributed by atoms with Crippen LogP contribution in [0.15, 0.2) is 67.0 Å². The molecular weight excluding hydrogens is 476 g/mol. The molecule has 0 atom stereocenters. The van der Waals surface area contributed by atoms with E-state index in [0.717, 1.165) is 53.7 Å². The first-order valence-electron chi connectivity index (χ1n) is 12.9. The molecule has 0 aliphatic carbocycles. The number of nitrogen functional groups attached to an aromatic ring is 1. The van der Waals surface area contributed by atoms with Gasteiger partial charge in [0.05, 0.1) is 11.1 Å². The molecule has 2 aromatic carbocycles. The van der Waals surface area contributed by atoms with Gasteiger partial charge in [0.15, 0.2) is 0 Å². The van der Waals surface area contributed by atoms with Gasteiger partial charge in [0.25, 0.3) is 11.8 Å². The van der Waals surface area contributed by atoms with Crippen LogP contribution in [0.25, 0.3) is 33.4 Å². The number of hydrogen-bond donors (Lipinski definition) is 2. The van der Waals surface area contributed by atoms with Crippen LogP contribution in [0, 0.1) is 0 Å². The Morgan fingerprint density at radius 3 is 2.16 bits per heavy atom. The van der Waals surface area contributed by atoms with Gasteiger partial charge in [0.2, 0.25) is 0 Å². The summed E-state index contributed by atoms with van der Waals surface area (Å²) in [5.41, 5.74) is 12.5. The minimum Gasteiger partial charge on any atom is -0.383 e. The maximum absolute atomic E-state index is 12.9. The summed E-state index contributed by atoms with van der Waals surface area (Å²) in [5.74, 6) is 0.228. The smallest absolute Gasteiger partial charge is 0.253 e. The lowest BCUT2D eigenvalue weighted by atomic mass is 9.97. The molecule has 0 bridgehead atoms. The van der Waals surface area contributed by atoms with E-state index >= 15 is 0 Å². The minimum absolute atomic E-state index is 0.0624. The lowest BCUT2D eigenvalue weighted by Gasteiger charge is -2.15. The van der Waals surface area contributed by atoms with Crippen LogP contribution < -0.4 is 11.1 Å². The normalized spacial score (nSPS) is 12.7. The van der Waals surface area contributed by atoms with Gasteiger partial charge in [0, 0.05) is 42.5 Å². The Kier molecular flexibility index (Phi) is 7.90. The number of nitrogens with zero attached hydrogens (tertiary/aromatic N) is 4. The number of aromatic nitrogens is 3. The summed E-state index contributed by atoms with van der Waals surface area (Å²) in [6.45, 7) is 11.0. The number of rotatable bonds is 5. The maximum Gasteiger partial charge on any atom is 0.253 e. The lowest BCUT2D eigenvalue weighted by Crippen LogP contribution is -2.27. The van der Waals surface area contributed by atoms with Crippen molar-refractivity contribution in [2.24, 2.45) is 7.05 Å². The number of amides is 2. The molecule has 1 fully saturated rings. The Morgan fingerprint density at radius 2 is 1.55 bits per heavy atom. The van der Waals surface area contributed by atoms with E-state index in [1.54, 1.807) is 6.92 Å². The van der Waals surface area contributed by atoms with Gasteiger partial charge in [-0.2, -0.15) is 0 Å². The molecule has 0 unspecified atom stereocenters. The number of nitrogens with two attached hydrogens (primary N) is 1. The first-order chi connectivity index (χ1) is 18.3. The summed E-state index contributed by atoms with van der Waals surface area (Å²) in [6, 6.07) is 15.2. The van der Waals surface area contributed by atoms with Crippen molar-refractivity contribution >= 4 is 34.4 Å². The van der Waals surface area contributed by atoms with Crippen molar-refractivity contribution in [3.8, 4) is 22.4 Å². The van der Waals surface area contributed by atoms with Crippen LogP contribution >= 0.6 is 0 Å². The van der Waals surface area contributed by atoms with E-state index in [0.29, 0.717) is 28.3 Å². The number of carbonyl (C=O) groups is 2. The Balaban J connectivity index is 0.00000164. The van der Waals surface area contributed by atoms with Crippen molar-refractivity contribution in [3.63, 3.8) is 0 Å². The third kappa shape index (κ3) is 5.02. The van der Waals surface area contributed by atoms with Crippen LogP contribution in [0.1, 0.15) is 44.0 Å². The summed E-state index contributed by atoms with van der Waals surface area (Å²) in [5, 5.41) is 3.59. The molecule has 5 rings (SSSR count). The van der Waals surface area contributed by atoms with Crippen LogP contribution in [0.3, 0.4) is 0 Å². The summed E-state index contributed by atoms with van der Waals surface area (Å²) in [6.07, 6.45) is 3.57. The average Bonchev–Trinajstić information content (AvgIpc) is 3.58. The van der Waals surface area contributed by atoms with E-state index in [4.69, 9.17) is 5.73 Å². The molecule has 4 aromatic rings. The Labute approximate surface area is 223 Å². The highest BCUT2D eigenvalue weighted by atomic mass is 16.2. The van der Waals surface area contributed by atoms with Crippen LogP contribution in [-0.2, 0) is 11.8 Å². The van der Waals surface area contributed by atoms with Crippen LogP contribution in [0.4, 0.5) is 11.5 Å². The number of hydrogen-bond acceptors (Lipinski definition) is 5. The third-order valence-corrected chi connectivity index (χ3v) is 6.61. The fraction of sp³-hybridized carbons (Fsp3) is 0.267. The van der Waals surface area contributed by atoms with Gasteiger partial charge < -0.3 is 20.5 Å². The Hall–Kier alpha value is -4.46. The summed E-state index contributed by atoms with van der Waals surface area (Å²) in [7, 11) is 1.94. The molecule has 1 aliphatic heterocycles. The molecule has 8 nitrogen and oxygen atoms in total. The molecule has 0 spiro atoms. The zero-order valence-corrected chi connectivity index (χ0v) is 22.4. The van der Waals surface area contributed by atoms with E-state index in [1.165, 1.54) is 6.33 Å². The molecule has 0 saturated carbocycles. The van der Waals surface area contributed by atoms with Crippen LogP contribution in [0.2, 0.25) is 0 Å². The second-order valence-corrected chi connectivity index (χ2v) is 9.13. The third-order valence-electron chi connectivity index (χ3n) is 6.61. The van der Waals surface area contributed by atoms with E-state index < -0.39 is 0 Å². The van der Waals surface area contributed by atoms with Crippen molar-refractivity contribution in [1.82, 2.24) is 19.4 Å². The standard InChI is InChI=1S/C28H28N6O2.C2H6/c1-17(2)27(35)32-21-12-10-19(11-13-21)24-22(23-25(29)30-16-31-26(23)33(24)3)18-6-8-20(9-7-18)28(36)34-14-4-5-15-34;1-2/h6-13,16H,1,4-5,14-15H2,2-3H3,(H,32,35)(H2,29,30,31);1-2H3. The number of anilines is 2. The molecule has 38 heavy (non-hydrogen) atoms. The first-order valence-corrected chi connectivity index (χ1v) is 12.9. The van der Waals surface area contributed by atoms with Gasteiger partial charge in [-0.25, -0.2) is 9.97 Å². The fourth-order valence-corrected chi connectivity index (χ4v) is 4.73. The van der Waals surface area contributed by atoms with Crippen molar-refractivity contribution in [3.05, 3.63) is 72.6 Å². The first kappa shape index (κ1) is 26.6. The number of likely N-dealkylation sites (tertiary alicyclic amines) is 1. The van der Waals surface area contributed by atoms with Crippen LogP contribution in [0.5, 0.6) is 0 Å². The Morgan fingerprint density at radius 1 is 0.947 bits per heavy atom. The van der Waals surface area contributed by atoms with Gasteiger partial charge in [-0.05, 0) is 55.2 Å². The monoisotopic (exact) mass is 510 g/mol. The number of nitrogens with one attached hydrogen (secondary N) is 1. The molecule has 2 aromatic heterocycles. The molecule has 2 amide bonds. The average molecular weight is 511 g/mol. The second kappa shape index (κ2) is 11.3. The van der Waals surface area contributed by atoms with Crippen molar-refractivity contribution in [2.75, 3.05) is 24.1 Å². The summed E-state index contributed by atoms with van der Waals surface area (Å²) < 4.78 is 1.99. The molecule has 3 heterocycles. The maximum atomic E-state index is 12.9. The zero-order chi connectivity index (χ0) is 27.4. The van der Waals surface area contributed by atoms with E-state index in [9.17, 15) is 9.59 Å². The molecule has 0 radical (unpaired) electrons. The Bertz CT molecular complexity index is 1480. The van der Waals surface area contributed by atoms with Crippen molar-refractivity contribution < 1.29 is 9.59 Å². The molecular formula is C30H34N6O2. The molecule has 1 aliphatic rings. The van der Waals surface area contributed by atoms with Gasteiger partial charge in [0.1, 0.15) is 17.8 Å². The fourth-order valence-electron chi connectivity index (χ4n) is 4.73. The van der Waals surface area contributed by atoms with Gasteiger partial charge in [-0.15, -0.1) is 0 Å². The van der Waals surface area contributed by atoms with Gasteiger partial charge >= 0.3 is 0 Å². The number of carbonyl (C=O) groups excluding carboxylic acids is 2. The zero-order valence-electron chi connectivity index (χ0n) is 22.4. The van der Waals surface area contributed by atoms with Crippen molar-refractivity contribution in [1.29, 1.82) is 0 Å². The van der Waals surface area contributed by atoms with Crippen LogP contribution in [-0.4, -0.2) is 44.3 Å². The quantitative estimate of drug-likeness (QED) is 0.337. The highest BCUT2D eigenvalue weighted by Gasteiger charge is 2.23. The highest BCUT2D eigenvalue weighted by Crippen LogP contribution is 2.41. The highest BCUT2D eigenvalue weighted by molar-refractivity contribution is 6.08. The predicted molar refractivity (Wildman–Crippen MR) is 154 cm³/mol. The molecule has 3 N–H and O–H groups in total. The minimum atomic E-state index is -0.223.